The van der Waals surface area contributed by atoms with E-state index in [1.165, 1.54) is 4.90 Å². The van der Waals surface area contributed by atoms with E-state index >= 15 is 0 Å². The average Bonchev–Trinajstić information content (AvgIpc) is 3.09. The van der Waals surface area contributed by atoms with E-state index < -0.39 is 11.9 Å². The first-order valence-corrected chi connectivity index (χ1v) is 7.08. The van der Waals surface area contributed by atoms with E-state index in [-0.39, 0.29) is 30.9 Å². The lowest BCUT2D eigenvalue weighted by Crippen LogP contribution is -2.39. The fraction of sp³-hybridized carbons (Fsp3) is 0.692. The smallest absolute Gasteiger partial charge is 0.305 e. The van der Waals surface area contributed by atoms with Gasteiger partial charge < -0.3 is 19.8 Å². The highest BCUT2D eigenvalue weighted by Crippen LogP contribution is 2.21. The Morgan fingerprint density at radius 3 is 2.86 bits per heavy atom. The Morgan fingerprint density at radius 2 is 2.29 bits per heavy atom. The second-order valence-electron chi connectivity index (χ2n) is 5.34. The van der Waals surface area contributed by atoms with Crippen LogP contribution in [-0.4, -0.2) is 51.2 Å². The normalized spacial score (nSPS) is 18.1. The van der Waals surface area contributed by atoms with Gasteiger partial charge in [-0.1, -0.05) is 5.16 Å². The Kier molecular flexibility index (Phi) is 4.89. The summed E-state index contributed by atoms with van der Waals surface area (Å²) in [6.07, 6.45) is 1.83. The van der Waals surface area contributed by atoms with Crippen LogP contribution < -0.4 is 5.32 Å². The largest absolute Gasteiger partial charge is 0.481 e. The zero-order valence-electron chi connectivity index (χ0n) is 12.2. The number of nitrogens with one attached hydrogen (secondary N) is 1. The van der Waals surface area contributed by atoms with Crippen LogP contribution in [0, 0.1) is 0 Å². The van der Waals surface area contributed by atoms with E-state index in [9.17, 15) is 9.59 Å². The minimum atomic E-state index is -0.947. The van der Waals surface area contributed by atoms with E-state index in [2.05, 4.69) is 15.5 Å². The molecule has 0 bridgehead atoms. The summed E-state index contributed by atoms with van der Waals surface area (Å²) in [6, 6.07) is -0.131. The molecular weight excluding hydrogens is 276 g/mol. The number of amides is 1. The van der Waals surface area contributed by atoms with E-state index in [0.717, 1.165) is 19.4 Å². The summed E-state index contributed by atoms with van der Waals surface area (Å²) in [5.41, 5.74) is 0. The third-order valence-corrected chi connectivity index (χ3v) is 3.44. The highest BCUT2D eigenvalue weighted by molar-refractivity contribution is 5.90. The maximum absolute atomic E-state index is 12.4. The van der Waals surface area contributed by atoms with Crippen molar-refractivity contribution < 1.29 is 19.2 Å². The van der Waals surface area contributed by atoms with Crippen molar-refractivity contribution in [1.29, 1.82) is 0 Å². The Labute approximate surface area is 122 Å². The van der Waals surface area contributed by atoms with Crippen LogP contribution in [0.4, 0.5) is 0 Å². The molecule has 1 unspecified atom stereocenters. The number of hydrogen-bond acceptors (Lipinski definition) is 6. The van der Waals surface area contributed by atoms with Gasteiger partial charge in [0.25, 0.3) is 11.7 Å². The summed E-state index contributed by atoms with van der Waals surface area (Å²) in [7, 11) is 0. The number of rotatable bonds is 6. The van der Waals surface area contributed by atoms with Crippen molar-refractivity contribution in [3.05, 3.63) is 11.7 Å². The van der Waals surface area contributed by atoms with Crippen LogP contribution in [0.5, 0.6) is 0 Å². The molecule has 1 aliphatic heterocycles. The molecule has 1 atom stereocenters. The van der Waals surface area contributed by atoms with Crippen LogP contribution in [0.15, 0.2) is 4.52 Å². The number of carbonyl (C=O) groups excluding carboxylic acids is 1. The second kappa shape index (κ2) is 6.66. The fourth-order valence-corrected chi connectivity index (χ4v) is 2.30. The number of nitrogens with zero attached hydrogens (tertiary/aromatic N) is 3. The predicted octanol–water partition coefficient (Wildman–Crippen LogP) is 0.819. The van der Waals surface area contributed by atoms with Gasteiger partial charge in [-0.05, 0) is 33.2 Å². The predicted molar refractivity (Wildman–Crippen MR) is 72.7 cm³/mol. The summed E-state index contributed by atoms with van der Waals surface area (Å²) in [5, 5.41) is 15.7. The van der Waals surface area contributed by atoms with Crippen molar-refractivity contribution in [2.24, 2.45) is 0 Å². The third-order valence-electron chi connectivity index (χ3n) is 3.44. The Morgan fingerprint density at radius 1 is 1.52 bits per heavy atom. The second-order valence-corrected chi connectivity index (χ2v) is 5.34. The molecule has 8 nitrogen and oxygen atoms in total. The molecule has 0 aromatic carbocycles. The van der Waals surface area contributed by atoms with Gasteiger partial charge in [0.1, 0.15) is 0 Å². The molecule has 8 heteroatoms. The number of aromatic nitrogens is 2. The van der Waals surface area contributed by atoms with Crippen molar-refractivity contribution in [2.45, 2.75) is 45.2 Å². The lowest BCUT2D eigenvalue weighted by molar-refractivity contribution is -0.137. The highest BCUT2D eigenvalue weighted by Gasteiger charge is 2.27. The number of aliphatic carboxylic acids is 1. The van der Waals surface area contributed by atoms with Crippen molar-refractivity contribution in [3.63, 3.8) is 0 Å². The molecule has 116 valence electrons. The molecule has 2 rings (SSSR count). The summed E-state index contributed by atoms with van der Waals surface area (Å²) < 4.78 is 5.14. The van der Waals surface area contributed by atoms with E-state index in [1.54, 1.807) is 0 Å². The third kappa shape index (κ3) is 3.78. The van der Waals surface area contributed by atoms with Crippen LogP contribution in [0.1, 0.15) is 55.7 Å². The lowest BCUT2D eigenvalue weighted by Gasteiger charge is -2.24. The standard InChI is InChI=1S/C13H20N4O4/c1-8(2)17(7-5-10(18)19)13(20)11-15-12(21-16-11)9-4-3-6-14-9/h8-9,14H,3-7H2,1-2H3,(H,18,19). The number of carboxylic acids is 1. The van der Waals surface area contributed by atoms with E-state index in [0.29, 0.717) is 5.89 Å². The Hall–Kier alpha value is -1.96. The highest BCUT2D eigenvalue weighted by atomic mass is 16.5. The van der Waals surface area contributed by atoms with Gasteiger partial charge in [-0.2, -0.15) is 4.98 Å². The minimum absolute atomic E-state index is 0.00516. The molecule has 1 fully saturated rings. The summed E-state index contributed by atoms with van der Waals surface area (Å²) in [6.45, 7) is 4.66. The Bertz CT molecular complexity index is 508. The molecule has 2 heterocycles. The first-order valence-electron chi connectivity index (χ1n) is 7.08. The number of carbonyl (C=O) groups is 2. The van der Waals surface area contributed by atoms with Crippen LogP contribution in [0.2, 0.25) is 0 Å². The maximum atomic E-state index is 12.4. The molecule has 21 heavy (non-hydrogen) atoms. The first kappa shape index (κ1) is 15.4. The van der Waals surface area contributed by atoms with Crippen LogP contribution in [0.3, 0.4) is 0 Å². The SMILES string of the molecule is CC(C)N(CCC(=O)O)C(=O)c1noc(C2CCCN2)n1. The zero-order chi connectivity index (χ0) is 15.4. The van der Waals surface area contributed by atoms with Crippen molar-refractivity contribution in [2.75, 3.05) is 13.1 Å². The maximum Gasteiger partial charge on any atom is 0.305 e. The molecule has 1 aromatic rings. The van der Waals surface area contributed by atoms with Crippen LogP contribution in [0.25, 0.3) is 0 Å². The van der Waals surface area contributed by atoms with Gasteiger partial charge >= 0.3 is 5.97 Å². The van der Waals surface area contributed by atoms with E-state index in [1.807, 2.05) is 13.8 Å². The summed E-state index contributed by atoms with van der Waals surface area (Å²) in [4.78, 5) is 28.6. The topological polar surface area (TPSA) is 109 Å². The van der Waals surface area contributed by atoms with Gasteiger partial charge in [-0.25, -0.2) is 0 Å². The lowest BCUT2D eigenvalue weighted by atomic mass is 10.2. The molecule has 2 N–H and O–H groups in total. The molecule has 0 radical (unpaired) electrons. The number of carboxylic acid groups (broad SMARTS) is 1. The average molecular weight is 296 g/mol. The van der Waals surface area contributed by atoms with Gasteiger partial charge in [0.15, 0.2) is 0 Å². The summed E-state index contributed by atoms with van der Waals surface area (Å²) >= 11 is 0. The molecule has 1 amide bonds. The van der Waals surface area contributed by atoms with Crippen LogP contribution >= 0.6 is 0 Å². The van der Waals surface area contributed by atoms with Crippen LogP contribution in [-0.2, 0) is 4.79 Å². The van der Waals surface area contributed by atoms with Crippen molar-refractivity contribution in [1.82, 2.24) is 20.4 Å². The zero-order valence-corrected chi connectivity index (χ0v) is 12.2. The molecule has 0 spiro atoms. The fourth-order valence-electron chi connectivity index (χ4n) is 2.30. The molecule has 0 aliphatic carbocycles. The van der Waals surface area contributed by atoms with Gasteiger partial charge in [-0.3, -0.25) is 9.59 Å². The van der Waals surface area contributed by atoms with Crippen molar-refractivity contribution >= 4 is 11.9 Å². The first-order chi connectivity index (χ1) is 9.99. The van der Waals surface area contributed by atoms with Gasteiger partial charge in [-0.15, -0.1) is 0 Å². The molecule has 1 aliphatic rings. The molecule has 1 saturated heterocycles. The van der Waals surface area contributed by atoms with Gasteiger partial charge in [0, 0.05) is 12.6 Å². The Balaban J connectivity index is 2.07. The minimum Gasteiger partial charge on any atom is -0.481 e. The number of hydrogen-bond donors (Lipinski definition) is 2. The van der Waals surface area contributed by atoms with Crippen molar-refractivity contribution in [3.8, 4) is 0 Å². The van der Waals surface area contributed by atoms with Gasteiger partial charge in [0.05, 0.1) is 12.5 Å². The monoisotopic (exact) mass is 296 g/mol. The molecule has 1 aromatic heterocycles. The summed E-state index contributed by atoms with van der Waals surface area (Å²) in [5.74, 6) is -0.952. The van der Waals surface area contributed by atoms with E-state index in [4.69, 9.17) is 9.63 Å². The molecule has 0 saturated carbocycles. The van der Waals surface area contributed by atoms with Gasteiger partial charge in [0.2, 0.25) is 5.89 Å². The molecular formula is C13H20N4O4. The quantitative estimate of drug-likeness (QED) is 0.799.